The number of halogens is 1. The van der Waals surface area contributed by atoms with Crippen LogP contribution < -0.4 is 14.8 Å². The van der Waals surface area contributed by atoms with E-state index in [-0.39, 0.29) is 24.0 Å². The SMILES string of the molecule is CN=C(NCC(C)c1cccs1)N(C)Cc1ccc2c(c1)OCO2.I. The van der Waals surface area contributed by atoms with Gasteiger partial charge in [0, 0.05) is 38.0 Å². The summed E-state index contributed by atoms with van der Waals surface area (Å²) in [5.41, 5.74) is 1.16. The lowest BCUT2D eigenvalue weighted by Gasteiger charge is -2.23. The van der Waals surface area contributed by atoms with Crippen molar-refractivity contribution in [2.45, 2.75) is 19.4 Å². The van der Waals surface area contributed by atoms with Crippen LogP contribution >= 0.6 is 35.3 Å². The van der Waals surface area contributed by atoms with Gasteiger partial charge in [0.25, 0.3) is 0 Å². The van der Waals surface area contributed by atoms with E-state index >= 15 is 0 Å². The molecule has 2 aromatic rings. The predicted octanol–water partition coefficient (Wildman–Crippen LogP) is 3.91. The summed E-state index contributed by atoms with van der Waals surface area (Å²) in [7, 11) is 3.85. The minimum Gasteiger partial charge on any atom is -0.454 e. The van der Waals surface area contributed by atoms with Crippen LogP contribution in [0.25, 0.3) is 0 Å². The highest BCUT2D eigenvalue weighted by Crippen LogP contribution is 2.32. The first kappa shape index (κ1) is 19.8. The average molecular weight is 473 g/mol. The zero-order valence-electron chi connectivity index (χ0n) is 14.7. The van der Waals surface area contributed by atoms with Gasteiger partial charge in [-0.3, -0.25) is 4.99 Å². The molecule has 136 valence electrons. The Morgan fingerprint density at radius 1 is 1.32 bits per heavy atom. The maximum atomic E-state index is 5.44. The molecule has 3 rings (SSSR count). The number of hydrogen-bond donors (Lipinski definition) is 1. The summed E-state index contributed by atoms with van der Waals surface area (Å²) in [6.07, 6.45) is 0. The van der Waals surface area contributed by atoms with Crippen LogP contribution in [0.4, 0.5) is 0 Å². The van der Waals surface area contributed by atoms with Crippen LogP contribution in [0.5, 0.6) is 11.5 Å². The largest absolute Gasteiger partial charge is 0.454 e. The van der Waals surface area contributed by atoms with Gasteiger partial charge in [0.2, 0.25) is 6.79 Å². The fourth-order valence-corrected chi connectivity index (χ4v) is 3.48. The molecule has 25 heavy (non-hydrogen) atoms. The predicted molar refractivity (Wildman–Crippen MR) is 114 cm³/mol. The molecule has 1 N–H and O–H groups in total. The van der Waals surface area contributed by atoms with Crippen LogP contribution in [-0.2, 0) is 6.54 Å². The fraction of sp³-hybridized carbons (Fsp3) is 0.389. The molecule has 1 aliphatic rings. The summed E-state index contributed by atoms with van der Waals surface area (Å²) in [5, 5.41) is 5.57. The third-order valence-electron chi connectivity index (χ3n) is 4.03. The molecule has 0 radical (unpaired) electrons. The van der Waals surface area contributed by atoms with Gasteiger partial charge < -0.3 is 19.7 Å². The van der Waals surface area contributed by atoms with Crippen molar-refractivity contribution in [3.05, 3.63) is 46.2 Å². The highest BCUT2D eigenvalue weighted by Gasteiger charge is 2.15. The van der Waals surface area contributed by atoms with Crippen molar-refractivity contribution >= 4 is 41.3 Å². The Labute approximate surface area is 170 Å². The summed E-state index contributed by atoms with van der Waals surface area (Å²) < 4.78 is 10.8. The molecule has 1 aromatic carbocycles. The maximum Gasteiger partial charge on any atom is 0.231 e. The standard InChI is InChI=1S/C18H23N3O2S.HI/c1-13(17-5-4-8-24-17)10-20-18(19-2)21(3)11-14-6-7-15-16(9-14)23-12-22-15;/h4-9,13H,10-12H2,1-3H3,(H,19,20);1H. The van der Waals surface area contributed by atoms with Gasteiger partial charge in [0.05, 0.1) is 0 Å². The Balaban J connectivity index is 0.00000225. The Kier molecular flexibility index (Phi) is 7.37. The molecule has 0 saturated carbocycles. The van der Waals surface area contributed by atoms with Crippen LogP contribution in [0.3, 0.4) is 0 Å². The number of aliphatic imine (C=N–C) groups is 1. The summed E-state index contributed by atoms with van der Waals surface area (Å²) in [4.78, 5) is 7.88. The van der Waals surface area contributed by atoms with Crippen molar-refractivity contribution in [1.29, 1.82) is 0 Å². The molecule has 0 amide bonds. The first-order valence-electron chi connectivity index (χ1n) is 8.01. The Hall–Kier alpha value is -1.48. The molecule has 1 aliphatic heterocycles. The Morgan fingerprint density at radius 3 is 2.84 bits per heavy atom. The molecule has 7 heteroatoms. The van der Waals surface area contributed by atoms with E-state index in [9.17, 15) is 0 Å². The molecule has 1 unspecified atom stereocenters. The number of benzene rings is 1. The number of rotatable bonds is 5. The third-order valence-corrected chi connectivity index (χ3v) is 5.13. The van der Waals surface area contributed by atoms with Crippen molar-refractivity contribution in [2.75, 3.05) is 27.4 Å². The minimum absolute atomic E-state index is 0. The second kappa shape index (κ2) is 9.28. The van der Waals surface area contributed by atoms with Crippen molar-refractivity contribution in [1.82, 2.24) is 10.2 Å². The number of fused-ring (bicyclic) bond motifs is 1. The van der Waals surface area contributed by atoms with E-state index in [1.165, 1.54) is 4.88 Å². The van der Waals surface area contributed by atoms with Gasteiger partial charge in [-0.15, -0.1) is 35.3 Å². The summed E-state index contributed by atoms with van der Waals surface area (Å²) in [5.74, 6) is 2.97. The molecule has 1 aromatic heterocycles. The van der Waals surface area contributed by atoms with Gasteiger partial charge in [-0.2, -0.15) is 0 Å². The Morgan fingerprint density at radius 2 is 2.12 bits per heavy atom. The first-order chi connectivity index (χ1) is 11.7. The smallest absolute Gasteiger partial charge is 0.231 e. The molecule has 0 fully saturated rings. The number of thiophene rings is 1. The van der Waals surface area contributed by atoms with Crippen LogP contribution in [0.2, 0.25) is 0 Å². The van der Waals surface area contributed by atoms with Gasteiger partial charge in [-0.25, -0.2) is 0 Å². The van der Waals surface area contributed by atoms with E-state index in [4.69, 9.17) is 9.47 Å². The van der Waals surface area contributed by atoms with Gasteiger partial charge >= 0.3 is 0 Å². The van der Waals surface area contributed by atoms with Crippen molar-refractivity contribution in [3.63, 3.8) is 0 Å². The van der Waals surface area contributed by atoms with Crippen LogP contribution in [0, 0.1) is 0 Å². The summed E-state index contributed by atoms with van der Waals surface area (Å²) in [6.45, 7) is 4.14. The van der Waals surface area contributed by atoms with Gasteiger partial charge in [0.1, 0.15) is 0 Å². The normalized spacial score (nSPS) is 14.0. The van der Waals surface area contributed by atoms with E-state index in [1.807, 2.05) is 26.2 Å². The molecular formula is C18H24IN3O2S. The second-order valence-electron chi connectivity index (χ2n) is 5.89. The number of nitrogens with zero attached hydrogens (tertiary/aromatic N) is 2. The lowest BCUT2D eigenvalue weighted by atomic mass is 10.1. The van der Waals surface area contributed by atoms with Crippen molar-refractivity contribution < 1.29 is 9.47 Å². The van der Waals surface area contributed by atoms with E-state index in [0.29, 0.717) is 12.7 Å². The quantitative estimate of drug-likeness (QED) is 0.407. The molecule has 0 saturated heterocycles. The van der Waals surface area contributed by atoms with Crippen molar-refractivity contribution in [2.24, 2.45) is 4.99 Å². The highest BCUT2D eigenvalue weighted by atomic mass is 127. The average Bonchev–Trinajstić information content (AvgIpc) is 3.26. The lowest BCUT2D eigenvalue weighted by molar-refractivity contribution is 0.174. The van der Waals surface area contributed by atoms with Gasteiger partial charge in [-0.1, -0.05) is 19.1 Å². The lowest BCUT2D eigenvalue weighted by Crippen LogP contribution is -2.39. The molecule has 5 nitrogen and oxygen atoms in total. The van der Waals surface area contributed by atoms with E-state index in [0.717, 1.165) is 36.1 Å². The number of guanidine groups is 1. The first-order valence-corrected chi connectivity index (χ1v) is 8.89. The number of ether oxygens (including phenoxy) is 2. The second-order valence-corrected chi connectivity index (χ2v) is 6.87. The van der Waals surface area contributed by atoms with Crippen LogP contribution in [0.15, 0.2) is 40.7 Å². The van der Waals surface area contributed by atoms with E-state index < -0.39 is 0 Å². The maximum absolute atomic E-state index is 5.44. The summed E-state index contributed by atoms with van der Waals surface area (Å²) >= 11 is 1.79. The zero-order valence-corrected chi connectivity index (χ0v) is 17.8. The fourth-order valence-electron chi connectivity index (χ4n) is 2.69. The molecule has 2 heterocycles. The summed E-state index contributed by atoms with van der Waals surface area (Å²) in [6, 6.07) is 10.3. The highest BCUT2D eigenvalue weighted by molar-refractivity contribution is 14.0. The van der Waals surface area contributed by atoms with Crippen molar-refractivity contribution in [3.8, 4) is 11.5 Å². The van der Waals surface area contributed by atoms with Crippen LogP contribution in [-0.4, -0.2) is 38.3 Å². The number of hydrogen-bond acceptors (Lipinski definition) is 4. The molecule has 0 aliphatic carbocycles. The topological polar surface area (TPSA) is 46.1 Å². The Bertz CT molecular complexity index is 706. The van der Waals surface area contributed by atoms with E-state index in [1.54, 1.807) is 11.3 Å². The minimum atomic E-state index is 0. The van der Waals surface area contributed by atoms with Crippen LogP contribution in [0.1, 0.15) is 23.3 Å². The van der Waals surface area contributed by atoms with Gasteiger partial charge in [-0.05, 0) is 29.1 Å². The molecule has 1 atom stereocenters. The molecule has 0 bridgehead atoms. The van der Waals surface area contributed by atoms with E-state index in [2.05, 4.69) is 45.7 Å². The monoisotopic (exact) mass is 473 g/mol. The van der Waals surface area contributed by atoms with Gasteiger partial charge in [0.15, 0.2) is 17.5 Å². The number of nitrogens with one attached hydrogen (secondary N) is 1. The zero-order chi connectivity index (χ0) is 16.9. The third kappa shape index (κ3) is 5.01. The molecule has 0 spiro atoms. The molecular weight excluding hydrogens is 449 g/mol.